The highest BCUT2D eigenvalue weighted by Gasteiger charge is 2.63. The van der Waals surface area contributed by atoms with Gasteiger partial charge in [0.2, 0.25) is 0 Å². The fourth-order valence-corrected chi connectivity index (χ4v) is 3.23. The Balaban J connectivity index is 1.89. The van der Waals surface area contributed by atoms with Gasteiger partial charge in [-0.05, 0) is 37.8 Å². The van der Waals surface area contributed by atoms with Crippen molar-refractivity contribution in [1.82, 2.24) is 10.6 Å². The second-order valence-electron chi connectivity index (χ2n) is 3.97. The molecule has 2 saturated carbocycles. The average molecular weight is 138 g/mol. The Morgan fingerprint density at radius 2 is 2.30 bits per heavy atom. The van der Waals surface area contributed by atoms with Crippen LogP contribution in [0.4, 0.5) is 0 Å². The van der Waals surface area contributed by atoms with E-state index in [-0.39, 0.29) is 0 Å². The van der Waals surface area contributed by atoms with Gasteiger partial charge in [0.25, 0.3) is 0 Å². The molecule has 0 aromatic carbocycles. The molecule has 2 N–H and O–H groups in total. The maximum Gasteiger partial charge on any atom is 0.0252 e. The zero-order valence-corrected chi connectivity index (χ0v) is 6.30. The minimum atomic E-state index is 0.809. The average Bonchev–Trinajstić information content (AvgIpc) is 2.60. The van der Waals surface area contributed by atoms with E-state index in [1.807, 2.05) is 0 Å². The van der Waals surface area contributed by atoms with Crippen molar-refractivity contribution in [3.63, 3.8) is 0 Å². The molecular formula is C8H14N2. The fraction of sp³-hybridized carbons (Fsp3) is 1.00. The third kappa shape index (κ3) is 0.453. The minimum Gasteiger partial charge on any atom is -0.315 e. The first kappa shape index (κ1) is 5.56. The lowest BCUT2D eigenvalue weighted by Gasteiger charge is -2.30. The summed E-state index contributed by atoms with van der Waals surface area (Å²) in [6.45, 7) is 1.30. The number of likely N-dealkylation sites (N-methyl/N-ethyl adjacent to an activating group) is 1. The van der Waals surface area contributed by atoms with E-state index in [4.69, 9.17) is 0 Å². The summed E-state index contributed by atoms with van der Waals surface area (Å²) in [6.07, 6.45) is 1.45. The van der Waals surface area contributed by atoms with Crippen molar-refractivity contribution >= 4 is 0 Å². The van der Waals surface area contributed by atoms with Crippen molar-refractivity contribution in [3.05, 3.63) is 0 Å². The summed E-state index contributed by atoms with van der Waals surface area (Å²) in [5, 5.41) is 7.00. The molecule has 5 atom stereocenters. The highest BCUT2D eigenvalue weighted by Crippen LogP contribution is 2.59. The molecule has 2 nitrogen and oxygen atoms in total. The van der Waals surface area contributed by atoms with Crippen molar-refractivity contribution in [1.29, 1.82) is 0 Å². The van der Waals surface area contributed by atoms with Gasteiger partial charge in [0.15, 0.2) is 0 Å². The SMILES string of the molecule is CNC1C2CC3C(CN2)C31. The molecule has 0 amide bonds. The van der Waals surface area contributed by atoms with Gasteiger partial charge in [-0.1, -0.05) is 0 Å². The van der Waals surface area contributed by atoms with E-state index >= 15 is 0 Å². The molecular weight excluding hydrogens is 124 g/mol. The Bertz CT molecular complexity index is 163. The molecule has 0 aromatic rings. The third-order valence-corrected chi connectivity index (χ3v) is 3.72. The second kappa shape index (κ2) is 1.56. The van der Waals surface area contributed by atoms with Gasteiger partial charge in [-0.2, -0.15) is 0 Å². The van der Waals surface area contributed by atoms with Crippen LogP contribution in [0.5, 0.6) is 0 Å². The number of rotatable bonds is 1. The van der Waals surface area contributed by atoms with Gasteiger partial charge in [0, 0.05) is 12.1 Å². The molecule has 5 unspecified atom stereocenters. The lowest BCUT2D eigenvalue weighted by molar-refractivity contribution is 0.295. The van der Waals surface area contributed by atoms with Crippen molar-refractivity contribution < 1.29 is 0 Å². The van der Waals surface area contributed by atoms with Gasteiger partial charge in [-0.25, -0.2) is 0 Å². The largest absolute Gasteiger partial charge is 0.315 e. The Morgan fingerprint density at radius 1 is 1.40 bits per heavy atom. The highest BCUT2D eigenvalue weighted by atomic mass is 15.1. The smallest absolute Gasteiger partial charge is 0.0252 e. The summed E-state index contributed by atoms with van der Waals surface area (Å²) in [5.74, 6) is 3.20. The van der Waals surface area contributed by atoms with Gasteiger partial charge >= 0.3 is 0 Å². The molecule has 2 heteroatoms. The quantitative estimate of drug-likeness (QED) is 0.525. The normalized spacial score (nSPS) is 62.7. The van der Waals surface area contributed by atoms with E-state index in [0.717, 1.165) is 29.8 Å². The molecule has 4 fully saturated rings. The number of hydrogen-bond acceptors (Lipinski definition) is 2. The molecule has 56 valence electrons. The fourth-order valence-electron chi connectivity index (χ4n) is 3.23. The topological polar surface area (TPSA) is 24.1 Å². The molecule has 2 aliphatic heterocycles. The van der Waals surface area contributed by atoms with Crippen molar-refractivity contribution in [2.75, 3.05) is 13.6 Å². The first-order chi connectivity index (χ1) is 4.92. The summed E-state index contributed by atoms with van der Waals surface area (Å²) in [6, 6.07) is 1.62. The Hall–Kier alpha value is -0.0800. The Labute approximate surface area is 61.4 Å². The Kier molecular flexibility index (Phi) is 0.868. The van der Waals surface area contributed by atoms with Crippen molar-refractivity contribution in [3.8, 4) is 0 Å². The van der Waals surface area contributed by atoms with Crippen LogP contribution in [-0.4, -0.2) is 25.7 Å². The van der Waals surface area contributed by atoms with Crippen molar-refractivity contribution in [2.24, 2.45) is 17.8 Å². The van der Waals surface area contributed by atoms with E-state index in [1.54, 1.807) is 0 Å². The first-order valence-electron chi connectivity index (χ1n) is 4.32. The lowest BCUT2D eigenvalue weighted by atomic mass is 9.97. The third-order valence-electron chi connectivity index (χ3n) is 3.72. The molecule has 2 saturated heterocycles. The van der Waals surface area contributed by atoms with Crippen molar-refractivity contribution in [2.45, 2.75) is 18.5 Å². The predicted octanol–water partition coefficient (Wildman–Crippen LogP) is -0.188. The maximum atomic E-state index is 3.58. The van der Waals surface area contributed by atoms with Gasteiger partial charge in [-0.3, -0.25) is 0 Å². The van der Waals surface area contributed by atoms with Gasteiger partial charge < -0.3 is 10.6 Å². The van der Waals surface area contributed by atoms with Crippen LogP contribution < -0.4 is 10.6 Å². The van der Waals surface area contributed by atoms with Gasteiger partial charge in [0.1, 0.15) is 0 Å². The van der Waals surface area contributed by atoms with Crippen LogP contribution in [0.3, 0.4) is 0 Å². The summed E-state index contributed by atoms with van der Waals surface area (Å²) in [7, 11) is 2.10. The van der Waals surface area contributed by atoms with Crippen LogP contribution in [-0.2, 0) is 0 Å². The lowest BCUT2D eigenvalue weighted by Crippen LogP contribution is -2.51. The minimum absolute atomic E-state index is 0.809. The predicted molar refractivity (Wildman–Crippen MR) is 39.7 cm³/mol. The van der Waals surface area contributed by atoms with Crippen LogP contribution in [0.25, 0.3) is 0 Å². The number of piperidine rings is 2. The zero-order chi connectivity index (χ0) is 6.72. The summed E-state index contributed by atoms with van der Waals surface area (Å²) < 4.78 is 0. The molecule has 0 spiro atoms. The van der Waals surface area contributed by atoms with Crippen LogP contribution in [0, 0.1) is 17.8 Å². The second-order valence-corrected chi connectivity index (χ2v) is 3.97. The van der Waals surface area contributed by atoms with E-state index in [1.165, 1.54) is 13.0 Å². The zero-order valence-electron chi connectivity index (χ0n) is 6.30. The maximum absolute atomic E-state index is 3.58. The van der Waals surface area contributed by atoms with E-state index in [0.29, 0.717) is 0 Å². The van der Waals surface area contributed by atoms with Gasteiger partial charge in [0.05, 0.1) is 0 Å². The number of nitrogens with one attached hydrogen (secondary N) is 2. The van der Waals surface area contributed by atoms with E-state index in [2.05, 4.69) is 17.7 Å². The number of fused-ring (bicyclic) bond motifs is 1. The molecule has 2 heterocycles. The van der Waals surface area contributed by atoms with E-state index < -0.39 is 0 Å². The van der Waals surface area contributed by atoms with Crippen LogP contribution in [0.2, 0.25) is 0 Å². The summed E-state index contributed by atoms with van der Waals surface area (Å²) in [4.78, 5) is 0. The Morgan fingerprint density at radius 3 is 2.70 bits per heavy atom. The summed E-state index contributed by atoms with van der Waals surface area (Å²) >= 11 is 0. The monoisotopic (exact) mass is 138 g/mol. The molecule has 0 radical (unpaired) electrons. The molecule has 4 bridgehead atoms. The van der Waals surface area contributed by atoms with Crippen LogP contribution in [0.15, 0.2) is 0 Å². The molecule has 2 aliphatic carbocycles. The summed E-state index contributed by atoms with van der Waals surface area (Å²) in [5.41, 5.74) is 0. The van der Waals surface area contributed by atoms with E-state index in [9.17, 15) is 0 Å². The number of hydrogen-bond donors (Lipinski definition) is 2. The van der Waals surface area contributed by atoms with Gasteiger partial charge in [-0.15, -0.1) is 0 Å². The standard InChI is InChI=1S/C8H14N2/c1-9-8-6-2-4-5(3-10-6)7(4)8/h4-10H,2-3H2,1H3. The first-order valence-corrected chi connectivity index (χ1v) is 4.32. The van der Waals surface area contributed by atoms with Crippen LogP contribution >= 0.6 is 0 Å². The van der Waals surface area contributed by atoms with Crippen LogP contribution in [0.1, 0.15) is 6.42 Å². The molecule has 0 aromatic heterocycles. The highest BCUT2D eigenvalue weighted by molar-refractivity contribution is 5.18. The molecule has 4 aliphatic rings. The molecule has 4 rings (SSSR count). The molecule has 10 heavy (non-hydrogen) atoms.